The van der Waals surface area contributed by atoms with E-state index < -0.39 is 0 Å². The number of aliphatic hydroxyl groups excluding tert-OH is 2. The highest BCUT2D eigenvalue weighted by molar-refractivity contribution is 5.72. The number of hydrogen-bond acceptors (Lipinski definition) is 6. The van der Waals surface area contributed by atoms with E-state index in [4.69, 9.17) is 19.7 Å². The predicted octanol–water partition coefficient (Wildman–Crippen LogP) is 1.52. The van der Waals surface area contributed by atoms with Crippen LogP contribution in [0.5, 0.6) is 0 Å². The van der Waals surface area contributed by atoms with E-state index in [9.17, 15) is 9.59 Å². The highest BCUT2D eigenvalue weighted by Crippen LogP contribution is 2.07. The molecule has 0 spiro atoms. The summed E-state index contributed by atoms with van der Waals surface area (Å²) in [7, 11) is 0. The molecule has 21 heavy (non-hydrogen) atoms. The van der Waals surface area contributed by atoms with Gasteiger partial charge in [0.25, 0.3) is 0 Å². The fraction of sp³-hybridized carbons (Fsp3) is 0.867. The summed E-state index contributed by atoms with van der Waals surface area (Å²) in [6.45, 7) is 9.10. The first-order valence-corrected chi connectivity index (χ1v) is 7.42. The first kappa shape index (κ1) is 22.1. The van der Waals surface area contributed by atoms with Crippen molar-refractivity contribution in [3.63, 3.8) is 0 Å². The van der Waals surface area contributed by atoms with Crippen LogP contribution >= 0.6 is 0 Å². The Morgan fingerprint density at radius 3 is 1.71 bits per heavy atom. The van der Waals surface area contributed by atoms with Crippen molar-refractivity contribution < 1.29 is 29.3 Å². The van der Waals surface area contributed by atoms with Crippen LogP contribution in [0.1, 0.15) is 47.5 Å². The van der Waals surface area contributed by atoms with Crippen molar-refractivity contribution in [1.29, 1.82) is 0 Å². The van der Waals surface area contributed by atoms with E-state index in [0.29, 0.717) is 0 Å². The van der Waals surface area contributed by atoms with Crippen LogP contribution in [0.4, 0.5) is 0 Å². The molecule has 0 bridgehead atoms. The van der Waals surface area contributed by atoms with Crippen molar-refractivity contribution in [3.05, 3.63) is 0 Å². The summed E-state index contributed by atoms with van der Waals surface area (Å²) in [5, 5.41) is 15.2. The SMILES string of the molecule is CCC(C)C(=O)OCC(C)OC(=O)C(C)CC.OCCO. The molecule has 3 unspecified atom stereocenters. The molecule has 0 heterocycles. The molecule has 6 heteroatoms. The Labute approximate surface area is 127 Å². The third-order valence-electron chi connectivity index (χ3n) is 2.91. The Bertz CT molecular complexity index is 277. The van der Waals surface area contributed by atoms with Gasteiger partial charge in [0.15, 0.2) is 0 Å². The highest BCUT2D eigenvalue weighted by Gasteiger charge is 2.18. The van der Waals surface area contributed by atoms with E-state index in [2.05, 4.69) is 0 Å². The Balaban J connectivity index is 0. The standard InChI is InChI=1S/C13H24O4.C2H6O2/c1-6-9(3)12(14)16-8-11(5)17-13(15)10(4)7-2;3-1-2-4/h9-11H,6-8H2,1-5H3;3-4H,1-2H2. The first-order valence-electron chi connectivity index (χ1n) is 7.42. The maximum absolute atomic E-state index is 11.5. The lowest BCUT2D eigenvalue weighted by molar-refractivity contribution is -0.162. The normalized spacial score (nSPS) is 14.2. The molecule has 0 aromatic carbocycles. The minimum Gasteiger partial charge on any atom is -0.462 e. The van der Waals surface area contributed by atoms with Gasteiger partial charge in [-0.1, -0.05) is 27.7 Å². The van der Waals surface area contributed by atoms with Gasteiger partial charge in [-0.3, -0.25) is 9.59 Å². The Morgan fingerprint density at radius 1 is 0.905 bits per heavy atom. The Morgan fingerprint density at radius 2 is 1.33 bits per heavy atom. The fourth-order valence-electron chi connectivity index (χ4n) is 1.02. The monoisotopic (exact) mass is 306 g/mol. The van der Waals surface area contributed by atoms with Gasteiger partial charge in [-0.05, 0) is 19.8 Å². The molecule has 0 rings (SSSR count). The zero-order valence-electron chi connectivity index (χ0n) is 13.8. The minimum absolute atomic E-state index is 0.104. The molecule has 0 radical (unpaired) electrons. The lowest BCUT2D eigenvalue weighted by Gasteiger charge is -2.17. The van der Waals surface area contributed by atoms with Crippen molar-refractivity contribution in [3.8, 4) is 0 Å². The summed E-state index contributed by atoms with van der Waals surface area (Å²) in [6, 6.07) is 0. The van der Waals surface area contributed by atoms with Crippen molar-refractivity contribution >= 4 is 11.9 Å². The van der Waals surface area contributed by atoms with Crippen LogP contribution in [0.25, 0.3) is 0 Å². The van der Waals surface area contributed by atoms with E-state index in [1.54, 1.807) is 6.92 Å². The molecule has 0 saturated carbocycles. The maximum Gasteiger partial charge on any atom is 0.309 e. The summed E-state index contributed by atoms with van der Waals surface area (Å²) in [6.07, 6.45) is 1.11. The van der Waals surface area contributed by atoms with Crippen LogP contribution in [-0.2, 0) is 19.1 Å². The summed E-state index contributed by atoms with van der Waals surface area (Å²) in [5.41, 5.74) is 0. The van der Waals surface area contributed by atoms with Crippen molar-refractivity contribution in [2.75, 3.05) is 19.8 Å². The average molecular weight is 306 g/mol. The molecule has 0 amide bonds. The van der Waals surface area contributed by atoms with Gasteiger partial charge in [0.2, 0.25) is 0 Å². The van der Waals surface area contributed by atoms with Crippen LogP contribution in [0.2, 0.25) is 0 Å². The smallest absolute Gasteiger partial charge is 0.309 e. The van der Waals surface area contributed by atoms with Crippen LogP contribution in [0.15, 0.2) is 0 Å². The predicted molar refractivity (Wildman–Crippen MR) is 79.6 cm³/mol. The molecule has 6 nitrogen and oxygen atoms in total. The molecular formula is C15H30O6. The molecule has 0 aromatic heterocycles. The molecule has 0 aliphatic carbocycles. The van der Waals surface area contributed by atoms with E-state index in [-0.39, 0.29) is 49.7 Å². The fourth-order valence-corrected chi connectivity index (χ4v) is 1.02. The quantitative estimate of drug-likeness (QED) is 0.661. The molecule has 0 aromatic rings. The number of rotatable bonds is 8. The zero-order valence-corrected chi connectivity index (χ0v) is 13.8. The molecule has 126 valence electrons. The molecule has 0 aliphatic heterocycles. The van der Waals surface area contributed by atoms with Crippen LogP contribution < -0.4 is 0 Å². The van der Waals surface area contributed by atoms with Crippen molar-refractivity contribution in [2.45, 2.75) is 53.6 Å². The molecule has 0 saturated heterocycles. The zero-order chi connectivity index (χ0) is 16.8. The van der Waals surface area contributed by atoms with Crippen LogP contribution in [0.3, 0.4) is 0 Å². The second-order valence-corrected chi connectivity index (χ2v) is 4.94. The summed E-state index contributed by atoms with van der Waals surface area (Å²) in [4.78, 5) is 22.8. The maximum atomic E-state index is 11.5. The second kappa shape index (κ2) is 13.8. The van der Waals surface area contributed by atoms with Crippen molar-refractivity contribution in [2.24, 2.45) is 11.8 Å². The number of carbonyl (C=O) groups is 2. The topological polar surface area (TPSA) is 93.1 Å². The summed E-state index contributed by atoms with van der Waals surface area (Å²) >= 11 is 0. The second-order valence-electron chi connectivity index (χ2n) is 4.94. The van der Waals surface area contributed by atoms with Crippen molar-refractivity contribution in [1.82, 2.24) is 0 Å². The molecule has 3 atom stereocenters. The summed E-state index contributed by atoms with van der Waals surface area (Å²) in [5.74, 6) is -0.686. The first-order chi connectivity index (χ1) is 9.83. The lowest BCUT2D eigenvalue weighted by atomic mass is 10.1. The number of esters is 2. The highest BCUT2D eigenvalue weighted by atomic mass is 16.6. The van der Waals surface area contributed by atoms with Gasteiger partial charge in [-0.2, -0.15) is 0 Å². The van der Waals surface area contributed by atoms with Gasteiger partial charge in [0, 0.05) is 0 Å². The number of ether oxygens (including phenoxy) is 2. The Kier molecular flexibility index (Phi) is 14.6. The van der Waals surface area contributed by atoms with E-state index in [0.717, 1.165) is 12.8 Å². The van der Waals surface area contributed by atoms with Crippen LogP contribution in [-0.4, -0.2) is 48.1 Å². The molecular weight excluding hydrogens is 276 g/mol. The van der Waals surface area contributed by atoms with Gasteiger partial charge in [-0.15, -0.1) is 0 Å². The number of carbonyl (C=O) groups excluding carboxylic acids is 2. The average Bonchev–Trinajstić information content (AvgIpc) is 2.50. The molecule has 2 N–H and O–H groups in total. The summed E-state index contributed by atoms with van der Waals surface area (Å²) < 4.78 is 10.2. The third kappa shape index (κ3) is 12.3. The third-order valence-corrected chi connectivity index (χ3v) is 2.91. The van der Waals surface area contributed by atoms with E-state index >= 15 is 0 Å². The Hall–Kier alpha value is -1.14. The molecule has 0 fully saturated rings. The minimum atomic E-state index is -0.385. The van der Waals surface area contributed by atoms with Gasteiger partial charge < -0.3 is 19.7 Å². The van der Waals surface area contributed by atoms with Gasteiger partial charge in [0.1, 0.15) is 12.7 Å². The van der Waals surface area contributed by atoms with E-state index in [1.165, 1.54) is 0 Å². The number of aliphatic hydroxyl groups is 2. The lowest BCUT2D eigenvalue weighted by Crippen LogP contribution is -2.26. The van der Waals surface area contributed by atoms with Gasteiger partial charge in [-0.25, -0.2) is 0 Å². The van der Waals surface area contributed by atoms with E-state index in [1.807, 2.05) is 27.7 Å². The van der Waals surface area contributed by atoms with Gasteiger partial charge >= 0.3 is 11.9 Å². The largest absolute Gasteiger partial charge is 0.462 e. The van der Waals surface area contributed by atoms with Crippen LogP contribution in [0, 0.1) is 11.8 Å². The van der Waals surface area contributed by atoms with Gasteiger partial charge in [0.05, 0.1) is 25.0 Å². The molecule has 0 aliphatic rings. The number of hydrogen-bond donors (Lipinski definition) is 2.